The lowest BCUT2D eigenvalue weighted by atomic mass is 10.7. The second-order valence-electron chi connectivity index (χ2n) is 2.91. The predicted molar refractivity (Wildman–Crippen MR) is 78.0 cm³/mol. The van der Waals surface area contributed by atoms with Gasteiger partial charge in [0, 0.05) is 14.1 Å². The van der Waals surface area contributed by atoms with E-state index in [-0.39, 0.29) is 7.43 Å². The number of aromatic nitrogens is 4. The number of nitrogen functional groups attached to an aromatic ring is 1. The summed E-state index contributed by atoms with van der Waals surface area (Å²) >= 11 is 12.1. The van der Waals surface area contributed by atoms with Crippen LogP contribution in [-0.2, 0) is 14.1 Å². The Kier molecular flexibility index (Phi) is 6.81. The SMILES string of the molecule is C.Cn1ncc(Br)c1Cl.Cn1ncc(Br)c1N. The van der Waals surface area contributed by atoms with Gasteiger partial charge in [0.05, 0.1) is 21.3 Å². The molecule has 0 fully saturated rings. The quantitative estimate of drug-likeness (QED) is 0.755. The average Bonchev–Trinajstić information content (AvgIpc) is 2.70. The van der Waals surface area contributed by atoms with Gasteiger partial charge in [0.25, 0.3) is 0 Å². The molecule has 17 heavy (non-hydrogen) atoms. The molecule has 0 aliphatic heterocycles. The van der Waals surface area contributed by atoms with E-state index in [1.165, 1.54) is 0 Å². The molecule has 0 bridgehead atoms. The number of nitrogens with zero attached hydrogens (tertiary/aromatic N) is 4. The van der Waals surface area contributed by atoms with Crippen LogP contribution in [0.3, 0.4) is 0 Å². The second-order valence-corrected chi connectivity index (χ2v) is 4.97. The van der Waals surface area contributed by atoms with Crippen molar-refractivity contribution in [2.75, 3.05) is 5.73 Å². The van der Waals surface area contributed by atoms with Crippen LogP contribution in [0, 0.1) is 0 Å². The monoisotopic (exact) mass is 385 g/mol. The molecule has 5 nitrogen and oxygen atoms in total. The minimum absolute atomic E-state index is 0. The van der Waals surface area contributed by atoms with Crippen molar-refractivity contribution < 1.29 is 0 Å². The molecule has 0 atom stereocenters. The van der Waals surface area contributed by atoms with Crippen LogP contribution < -0.4 is 5.73 Å². The molecule has 96 valence electrons. The van der Waals surface area contributed by atoms with Gasteiger partial charge in [-0.25, -0.2) is 0 Å². The molecule has 2 aromatic rings. The first-order valence-electron chi connectivity index (χ1n) is 4.19. The molecule has 0 saturated heterocycles. The Bertz CT molecular complexity index is 396. The van der Waals surface area contributed by atoms with Crippen LogP contribution in [0.5, 0.6) is 0 Å². The van der Waals surface area contributed by atoms with E-state index in [4.69, 9.17) is 17.3 Å². The van der Waals surface area contributed by atoms with E-state index in [2.05, 4.69) is 42.1 Å². The lowest BCUT2D eigenvalue weighted by molar-refractivity contribution is 0.768. The van der Waals surface area contributed by atoms with Crippen LogP contribution in [0.1, 0.15) is 7.43 Å². The first-order chi connectivity index (χ1) is 7.43. The van der Waals surface area contributed by atoms with Gasteiger partial charge in [0.2, 0.25) is 0 Å². The highest BCUT2D eigenvalue weighted by atomic mass is 79.9. The van der Waals surface area contributed by atoms with Crippen molar-refractivity contribution in [1.82, 2.24) is 19.6 Å². The molecule has 0 amide bonds. The molecule has 0 aliphatic rings. The first-order valence-corrected chi connectivity index (χ1v) is 6.15. The minimum Gasteiger partial charge on any atom is -0.383 e. The summed E-state index contributed by atoms with van der Waals surface area (Å²) in [6.45, 7) is 0. The van der Waals surface area contributed by atoms with Crippen molar-refractivity contribution in [2.45, 2.75) is 7.43 Å². The Hall–Kier alpha value is -0.530. The molecule has 8 heteroatoms. The number of aryl methyl sites for hydroxylation is 2. The van der Waals surface area contributed by atoms with Gasteiger partial charge in [-0.15, -0.1) is 0 Å². The van der Waals surface area contributed by atoms with E-state index in [9.17, 15) is 0 Å². The molecule has 2 heterocycles. The maximum atomic E-state index is 5.65. The van der Waals surface area contributed by atoms with Crippen LogP contribution >= 0.6 is 43.5 Å². The number of halogens is 3. The van der Waals surface area contributed by atoms with Crippen molar-refractivity contribution in [3.8, 4) is 0 Å². The van der Waals surface area contributed by atoms with E-state index >= 15 is 0 Å². The lowest BCUT2D eigenvalue weighted by Crippen LogP contribution is -1.96. The second kappa shape index (κ2) is 7.03. The summed E-state index contributed by atoms with van der Waals surface area (Å²) in [7, 11) is 3.58. The number of anilines is 1. The van der Waals surface area contributed by atoms with Crippen LogP contribution in [0.4, 0.5) is 5.82 Å². The molecular formula is C9H14Br2ClN5. The zero-order valence-corrected chi connectivity index (χ0v) is 12.6. The highest BCUT2D eigenvalue weighted by molar-refractivity contribution is 9.11. The molecular weight excluding hydrogens is 373 g/mol. The summed E-state index contributed by atoms with van der Waals surface area (Å²) in [6.07, 6.45) is 3.32. The van der Waals surface area contributed by atoms with E-state index in [1.807, 2.05) is 0 Å². The predicted octanol–water partition coefficient (Wildman–Crippen LogP) is 3.24. The number of rotatable bonds is 0. The fourth-order valence-corrected chi connectivity index (χ4v) is 1.60. The van der Waals surface area contributed by atoms with Crippen LogP contribution in [-0.4, -0.2) is 19.6 Å². The Labute approximate surface area is 122 Å². The van der Waals surface area contributed by atoms with Gasteiger partial charge in [-0.1, -0.05) is 19.0 Å². The summed E-state index contributed by atoms with van der Waals surface area (Å²) in [5, 5.41) is 8.34. The fraction of sp³-hybridized carbons (Fsp3) is 0.333. The third kappa shape index (κ3) is 4.33. The molecule has 0 aromatic carbocycles. The minimum atomic E-state index is 0. The molecule has 0 spiro atoms. The van der Waals surface area contributed by atoms with Crippen LogP contribution in [0.2, 0.25) is 5.15 Å². The Morgan fingerprint density at radius 3 is 1.71 bits per heavy atom. The molecule has 0 saturated carbocycles. The van der Waals surface area contributed by atoms with Crippen molar-refractivity contribution in [3.63, 3.8) is 0 Å². The van der Waals surface area contributed by atoms with Gasteiger partial charge < -0.3 is 5.73 Å². The van der Waals surface area contributed by atoms with Gasteiger partial charge in [-0.2, -0.15) is 10.2 Å². The Morgan fingerprint density at radius 2 is 1.59 bits per heavy atom. The molecule has 2 N–H and O–H groups in total. The molecule has 0 aliphatic carbocycles. The van der Waals surface area contributed by atoms with E-state index in [0.29, 0.717) is 11.0 Å². The molecule has 0 radical (unpaired) electrons. The summed E-state index contributed by atoms with van der Waals surface area (Å²) in [5.74, 6) is 0.657. The van der Waals surface area contributed by atoms with E-state index < -0.39 is 0 Å². The molecule has 2 rings (SSSR count). The van der Waals surface area contributed by atoms with Gasteiger partial charge in [-0.05, 0) is 31.9 Å². The highest BCUT2D eigenvalue weighted by Crippen LogP contribution is 2.19. The average molecular weight is 388 g/mol. The largest absolute Gasteiger partial charge is 0.383 e. The maximum Gasteiger partial charge on any atom is 0.140 e. The summed E-state index contributed by atoms with van der Waals surface area (Å²) in [5.41, 5.74) is 5.46. The fourth-order valence-electron chi connectivity index (χ4n) is 0.816. The zero-order valence-electron chi connectivity index (χ0n) is 8.65. The smallest absolute Gasteiger partial charge is 0.140 e. The van der Waals surface area contributed by atoms with E-state index in [0.717, 1.165) is 8.95 Å². The van der Waals surface area contributed by atoms with Crippen molar-refractivity contribution in [2.24, 2.45) is 14.1 Å². The molecule has 0 unspecified atom stereocenters. The van der Waals surface area contributed by atoms with Crippen molar-refractivity contribution >= 4 is 49.3 Å². The van der Waals surface area contributed by atoms with Crippen LogP contribution in [0.25, 0.3) is 0 Å². The summed E-state index contributed by atoms with van der Waals surface area (Å²) < 4.78 is 4.87. The number of hydrogen-bond donors (Lipinski definition) is 1. The third-order valence-corrected chi connectivity index (χ3v) is 3.63. The summed E-state index contributed by atoms with van der Waals surface area (Å²) in [6, 6.07) is 0. The lowest BCUT2D eigenvalue weighted by Gasteiger charge is -1.89. The number of hydrogen-bond acceptors (Lipinski definition) is 3. The third-order valence-electron chi connectivity index (χ3n) is 1.76. The van der Waals surface area contributed by atoms with Gasteiger partial charge in [-0.3, -0.25) is 9.36 Å². The zero-order chi connectivity index (χ0) is 12.3. The topological polar surface area (TPSA) is 61.7 Å². The summed E-state index contributed by atoms with van der Waals surface area (Å²) in [4.78, 5) is 0. The normalized spacial score (nSPS) is 9.24. The highest BCUT2D eigenvalue weighted by Gasteiger charge is 1.98. The molecule has 2 aromatic heterocycles. The van der Waals surface area contributed by atoms with Gasteiger partial charge in [0.1, 0.15) is 11.0 Å². The van der Waals surface area contributed by atoms with E-state index in [1.54, 1.807) is 35.9 Å². The van der Waals surface area contributed by atoms with Crippen LogP contribution in [0.15, 0.2) is 21.3 Å². The van der Waals surface area contributed by atoms with Crippen molar-refractivity contribution in [1.29, 1.82) is 0 Å². The first kappa shape index (κ1) is 16.5. The van der Waals surface area contributed by atoms with Crippen molar-refractivity contribution in [3.05, 3.63) is 26.5 Å². The van der Waals surface area contributed by atoms with Gasteiger partial charge >= 0.3 is 0 Å². The standard InChI is InChI=1S/C4H4BrClN2.C4H6BrN3.CH4/c2*1-8-4(6)3(5)2-7-8;/h2H,1H3;2H,6H2,1H3;1H4. The maximum absolute atomic E-state index is 5.65. The number of nitrogens with two attached hydrogens (primary N) is 1. The Balaban J connectivity index is 0.000000284. The Morgan fingerprint density at radius 1 is 1.12 bits per heavy atom. The van der Waals surface area contributed by atoms with Gasteiger partial charge in [0.15, 0.2) is 0 Å².